The Morgan fingerprint density at radius 2 is 1.89 bits per heavy atom. The minimum Gasteiger partial charge on any atom is -0.313 e. The summed E-state index contributed by atoms with van der Waals surface area (Å²) in [5.41, 5.74) is 2.48. The van der Waals surface area contributed by atoms with E-state index in [0.29, 0.717) is 17.9 Å². The van der Waals surface area contributed by atoms with Gasteiger partial charge in [-0.25, -0.2) is 0 Å². The molecule has 108 valence electrons. The van der Waals surface area contributed by atoms with Gasteiger partial charge in [0.25, 0.3) is 0 Å². The van der Waals surface area contributed by atoms with Crippen LogP contribution >= 0.6 is 11.6 Å². The van der Waals surface area contributed by atoms with Crippen molar-refractivity contribution in [1.82, 2.24) is 5.32 Å². The molecule has 0 aromatic heterocycles. The number of nitrogens with one attached hydrogen (secondary N) is 1. The fraction of sp³-hybridized carbons (Fsp3) is 0.647. The van der Waals surface area contributed by atoms with Gasteiger partial charge in [-0.3, -0.25) is 0 Å². The van der Waals surface area contributed by atoms with Gasteiger partial charge in [0, 0.05) is 11.1 Å². The third kappa shape index (κ3) is 5.16. The molecule has 0 aliphatic carbocycles. The monoisotopic (exact) mass is 281 g/mol. The van der Waals surface area contributed by atoms with Crippen molar-refractivity contribution >= 4 is 11.6 Å². The van der Waals surface area contributed by atoms with Gasteiger partial charge < -0.3 is 5.32 Å². The summed E-state index contributed by atoms with van der Waals surface area (Å²) in [5, 5.41) is 4.58. The first kappa shape index (κ1) is 16.5. The lowest BCUT2D eigenvalue weighted by molar-refractivity contribution is 0.297. The standard InChI is InChI=1S/C17H28ClN/c1-6-9-19-17(14(5)12(2)3)11-15-8-7-13(4)10-16(15)18/h7-8,10,12,14,17,19H,6,9,11H2,1-5H3. The number of halogens is 1. The minimum atomic E-state index is 0.500. The van der Waals surface area contributed by atoms with Crippen molar-refractivity contribution in [1.29, 1.82) is 0 Å². The predicted molar refractivity (Wildman–Crippen MR) is 86.0 cm³/mol. The van der Waals surface area contributed by atoms with Crippen LogP contribution in [-0.4, -0.2) is 12.6 Å². The molecule has 2 unspecified atom stereocenters. The molecule has 1 aromatic rings. The minimum absolute atomic E-state index is 0.500. The molecule has 1 N–H and O–H groups in total. The third-order valence-corrected chi connectivity index (χ3v) is 4.34. The molecule has 0 fully saturated rings. The average Bonchev–Trinajstić information content (AvgIpc) is 2.36. The quantitative estimate of drug-likeness (QED) is 0.753. The van der Waals surface area contributed by atoms with E-state index in [1.54, 1.807) is 0 Å². The van der Waals surface area contributed by atoms with Crippen LogP contribution in [0, 0.1) is 18.8 Å². The highest BCUT2D eigenvalue weighted by Crippen LogP contribution is 2.23. The normalized spacial score (nSPS) is 14.7. The second-order valence-electron chi connectivity index (χ2n) is 5.96. The first-order valence-electron chi connectivity index (χ1n) is 7.44. The van der Waals surface area contributed by atoms with Crippen molar-refractivity contribution < 1.29 is 0 Å². The number of rotatable bonds is 7. The van der Waals surface area contributed by atoms with E-state index >= 15 is 0 Å². The summed E-state index contributed by atoms with van der Waals surface area (Å²) in [6.45, 7) is 12.3. The number of hydrogen-bond acceptors (Lipinski definition) is 1. The van der Waals surface area contributed by atoms with E-state index in [2.05, 4.69) is 58.1 Å². The molecule has 1 rings (SSSR count). The van der Waals surface area contributed by atoms with Gasteiger partial charge in [0.1, 0.15) is 0 Å². The van der Waals surface area contributed by atoms with Crippen molar-refractivity contribution in [2.75, 3.05) is 6.54 Å². The zero-order valence-electron chi connectivity index (χ0n) is 13.0. The average molecular weight is 282 g/mol. The maximum atomic E-state index is 6.36. The smallest absolute Gasteiger partial charge is 0.0441 e. The first-order chi connectivity index (χ1) is 8.95. The van der Waals surface area contributed by atoms with Crippen LogP contribution in [0.2, 0.25) is 5.02 Å². The Labute approximate surface area is 123 Å². The number of hydrogen-bond donors (Lipinski definition) is 1. The molecule has 2 heteroatoms. The van der Waals surface area contributed by atoms with E-state index in [9.17, 15) is 0 Å². The Balaban J connectivity index is 2.81. The fourth-order valence-corrected chi connectivity index (χ4v) is 2.61. The maximum absolute atomic E-state index is 6.36. The summed E-state index contributed by atoms with van der Waals surface area (Å²) < 4.78 is 0. The highest BCUT2D eigenvalue weighted by atomic mass is 35.5. The van der Waals surface area contributed by atoms with Crippen molar-refractivity contribution in [2.24, 2.45) is 11.8 Å². The van der Waals surface area contributed by atoms with Gasteiger partial charge in [0.2, 0.25) is 0 Å². The summed E-state index contributed by atoms with van der Waals surface area (Å²) in [6, 6.07) is 6.89. The Morgan fingerprint density at radius 3 is 2.42 bits per heavy atom. The van der Waals surface area contributed by atoms with Gasteiger partial charge in [-0.15, -0.1) is 0 Å². The van der Waals surface area contributed by atoms with E-state index in [4.69, 9.17) is 11.6 Å². The van der Waals surface area contributed by atoms with Gasteiger partial charge in [0.15, 0.2) is 0 Å². The summed E-state index contributed by atoms with van der Waals surface area (Å²) in [4.78, 5) is 0. The largest absolute Gasteiger partial charge is 0.313 e. The zero-order chi connectivity index (χ0) is 14.4. The topological polar surface area (TPSA) is 12.0 Å². The van der Waals surface area contributed by atoms with E-state index in [1.807, 2.05) is 0 Å². The molecule has 0 radical (unpaired) electrons. The van der Waals surface area contributed by atoms with Crippen molar-refractivity contribution in [2.45, 2.75) is 53.5 Å². The molecular formula is C17H28ClN. The number of aryl methyl sites for hydroxylation is 1. The van der Waals surface area contributed by atoms with Crippen LogP contribution in [0.5, 0.6) is 0 Å². The molecule has 1 nitrogen and oxygen atoms in total. The molecule has 0 bridgehead atoms. The molecule has 0 aliphatic heterocycles. The van der Waals surface area contributed by atoms with Crippen molar-refractivity contribution in [3.63, 3.8) is 0 Å². The van der Waals surface area contributed by atoms with Crippen LogP contribution in [0.15, 0.2) is 18.2 Å². The third-order valence-electron chi connectivity index (χ3n) is 3.99. The maximum Gasteiger partial charge on any atom is 0.0441 e. The highest BCUT2D eigenvalue weighted by Gasteiger charge is 2.20. The SMILES string of the molecule is CCCNC(Cc1ccc(C)cc1Cl)C(C)C(C)C. The lowest BCUT2D eigenvalue weighted by Crippen LogP contribution is -2.39. The van der Waals surface area contributed by atoms with E-state index < -0.39 is 0 Å². The van der Waals surface area contributed by atoms with Crippen LogP contribution in [0.3, 0.4) is 0 Å². The first-order valence-corrected chi connectivity index (χ1v) is 7.81. The van der Waals surface area contributed by atoms with Crippen LogP contribution in [-0.2, 0) is 6.42 Å². The molecule has 0 saturated carbocycles. The Bertz CT molecular complexity index is 387. The number of benzene rings is 1. The van der Waals surface area contributed by atoms with Gasteiger partial charge in [0.05, 0.1) is 0 Å². The van der Waals surface area contributed by atoms with Crippen LogP contribution in [0.25, 0.3) is 0 Å². The molecule has 0 aliphatic rings. The second-order valence-corrected chi connectivity index (χ2v) is 6.37. The fourth-order valence-electron chi connectivity index (χ4n) is 2.29. The zero-order valence-corrected chi connectivity index (χ0v) is 13.7. The molecule has 0 saturated heterocycles. The molecule has 0 amide bonds. The molecule has 0 spiro atoms. The molecule has 2 atom stereocenters. The highest BCUT2D eigenvalue weighted by molar-refractivity contribution is 6.31. The lowest BCUT2D eigenvalue weighted by Gasteiger charge is -2.28. The Hall–Kier alpha value is -0.530. The van der Waals surface area contributed by atoms with Crippen LogP contribution < -0.4 is 5.32 Å². The second kappa shape index (κ2) is 7.91. The Kier molecular flexibility index (Phi) is 6.88. The van der Waals surface area contributed by atoms with E-state index in [-0.39, 0.29) is 0 Å². The van der Waals surface area contributed by atoms with Gasteiger partial charge in [-0.1, -0.05) is 51.4 Å². The summed E-state index contributed by atoms with van der Waals surface area (Å²) in [7, 11) is 0. The molecule has 0 heterocycles. The molecular weight excluding hydrogens is 254 g/mol. The van der Waals surface area contributed by atoms with E-state index in [1.165, 1.54) is 17.5 Å². The van der Waals surface area contributed by atoms with Crippen molar-refractivity contribution in [3.8, 4) is 0 Å². The summed E-state index contributed by atoms with van der Waals surface area (Å²) in [5.74, 6) is 1.32. The van der Waals surface area contributed by atoms with Gasteiger partial charge in [-0.05, 0) is 55.3 Å². The molecule has 19 heavy (non-hydrogen) atoms. The molecule has 1 aromatic carbocycles. The lowest BCUT2D eigenvalue weighted by atomic mass is 9.86. The summed E-state index contributed by atoms with van der Waals surface area (Å²) >= 11 is 6.36. The summed E-state index contributed by atoms with van der Waals surface area (Å²) in [6.07, 6.45) is 2.18. The predicted octanol–water partition coefficient (Wildman–Crippen LogP) is 4.85. The van der Waals surface area contributed by atoms with Crippen LogP contribution in [0.1, 0.15) is 45.2 Å². The van der Waals surface area contributed by atoms with Crippen molar-refractivity contribution in [3.05, 3.63) is 34.3 Å². The Morgan fingerprint density at radius 1 is 1.21 bits per heavy atom. The van der Waals surface area contributed by atoms with Gasteiger partial charge >= 0.3 is 0 Å². The van der Waals surface area contributed by atoms with Gasteiger partial charge in [-0.2, -0.15) is 0 Å². The van der Waals surface area contributed by atoms with E-state index in [0.717, 1.165) is 18.0 Å². The van der Waals surface area contributed by atoms with Crippen LogP contribution in [0.4, 0.5) is 0 Å².